The van der Waals surface area contributed by atoms with Crippen molar-refractivity contribution in [3.63, 3.8) is 0 Å². The SMILES string of the molecule is COc1cccc(OC)c1CN1C[C@@H]2CCCN2C(=O)[C@H]1C. The zero-order chi connectivity index (χ0) is 15.7. The average molecular weight is 304 g/mol. The minimum absolute atomic E-state index is 0.0935. The highest BCUT2D eigenvalue weighted by atomic mass is 16.5. The predicted octanol–water partition coefficient (Wildman–Crippen LogP) is 1.90. The number of hydrogen-bond donors (Lipinski definition) is 0. The van der Waals surface area contributed by atoms with E-state index in [2.05, 4.69) is 9.80 Å². The highest BCUT2D eigenvalue weighted by Crippen LogP contribution is 2.33. The van der Waals surface area contributed by atoms with Gasteiger partial charge in [-0.1, -0.05) is 6.07 Å². The average Bonchev–Trinajstić information content (AvgIpc) is 3.00. The van der Waals surface area contributed by atoms with Crippen LogP contribution >= 0.6 is 0 Å². The number of ether oxygens (including phenoxy) is 2. The first kappa shape index (κ1) is 15.2. The number of methoxy groups -OCH3 is 2. The minimum atomic E-state index is -0.0935. The van der Waals surface area contributed by atoms with Crippen molar-refractivity contribution in [2.45, 2.75) is 38.4 Å². The van der Waals surface area contributed by atoms with Crippen LogP contribution in [0.5, 0.6) is 11.5 Å². The molecular weight excluding hydrogens is 280 g/mol. The second-order valence-corrected chi connectivity index (χ2v) is 6.07. The minimum Gasteiger partial charge on any atom is -0.496 e. The molecule has 2 aliphatic heterocycles. The summed E-state index contributed by atoms with van der Waals surface area (Å²) in [5, 5.41) is 0. The Hall–Kier alpha value is -1.75. The van der Waals surface area contributed by atoms with Gasteiger partial charge in [0.1, 0.15) is 11.5 Å². The molecule has 1 amide bonds. The predicted molar refractivity (Wildman–Crippen MR) is 84.2 cm³/mol. The Morgan fingerprint density at radius 2 is 1.91 bits per heavy atom. The first-order valence-corrected chi connectivity index (χ1v) is 7.90. The summed E-state index contributed by atoms with van der Waals surface area (Å²) in [4.78, 5) is 16.8. The molecule has 2 heterocycles. The van der Waals surface area contributed by atoms with E-state index in [4.69, 9.17) is 9.47 Å². The fourth-order valence-electron chi connectivity index (χ4n) is 3.63. The molecule has 0 radical (unpaired) electrons. The third-order valence-electron chi connectivity index (χ3n) is 4.90. The third-order valence-corrected chi connectivity index (χ3v) is 4.90. The molecule has 0 saturated carbocycles. The summed E-state index contributed by atoms with van der Waals surface area (Å²) in [5.41, 5.74) is 1.01. The summed E-state index contributed by atoms with van der Waals surface area (Å²) in [6.45, 7) is 4.51. The van der Waals surface area contributed by atoms with Crippen LogP contribution in [0.15, 0.2) is 18.2 Å². The summed E-state index contributed by atoms with van der Waals surface area (Å²) in [5.74, 6) is 1.88. The Kier molecular flexibility index (Phi) is 4.25. The summed E-state index contributed by atoms with van der Waals surface area (Å²) >= 11 is 0. The van der Waals surface area contributed by atoms with Gasteiger partial charge < -0.3 is 14.4 Å². The van der Waals surface area contributed by atoms with Gasteiger partial charge in [0.15, 0.2) is 0 Å². The van der Waals surface area contributed by atoms with Crippen LogP contribution in [-0.2, 0) is 11.3 Å². The highest BCUT2D eigenvalue weighted by Gasteiger charge is 2.40. The molecule has 2 fully saturated rings. The molecule has 0 aromatic heterocycles. The second-order valence-electron chi connectivity index (χ2n) is 6.07. The van der Waals surface area contributed by atoms with E-state index in [1.54, 1.807) is 14.2 Å². The molecule has 0 bridgehead atoms. The lowest BCUT2D eigenvalue weighted by Crippen LogP contribution is -2.58. The lowest BCUT2D eigenvalue weighted by Gasteiger charge is -2.41. The number of piperazine rings is 1. The van der Waals surface area contributed by atoms with Crippen molar-refractivity contribution < 1.29 is 14.3 Å². The van der Waals surface area contributed by atoms with E-state index in [9.17, 15) is 4.79 Å². The zero-order valence-electron chi connectivity index (χ0n) is 13.5. The van der Waals surface area contributed by atoms with Gasteiger partial charge in [-0.25, -0.2) is 0 Å². The molecule has 120 valence electrons. The number of benzene rings is 1. The van der Waals surface area contributed by atoms with Crippen LogP contribution in [-0.4, -0.2) is 55.1 Å². The molecule has 2 atom stereocenters. The molecule has 0 unspecified atom stereocenters. The molecular formula is C17H24N2O3. The molecule has 2 saturated heterocycles. The van der Waals surface area contributed by atoms with Crippen LogP contribution in [0, 0.1) is 0 Å². The molecule has 1 aromatic rings. The quantitative estimate of drug-likeness (QED) is 0.852. The number of nitrogens with zero attached hydrogens (tertiary/aromatic N) is 2. The Morgan fingerprint density at radius 1 is 1.23 bits per heavy atom. The molecule has 1 aromatic carbocycles. The van der Waals surface area contributed by atoms with Gasteiger partial charge in [0, 0.05) is 25.7 Å². The number of fused-ring (bicyclic) bond motifs is 1. The molecule has 3 rings (SSSR count). The van der Waals surface area contributed by atoms with Crippen molar-refractivity contribution in [3.8, 4) is 11.5 Å². The van der Waals surface area contributed by atoms with E-state index >= 15 is 0 Å². The fourth-order valence-corrected chi connectivity index (χ4v) is 3.63. The Labute approximate surface area is 131 Å². The van der Waals surface area contributed by atoms with Gasteiger partial charge in [0.05, 0.1) is 25.8 Å². The molecule has 5 nitrogen and oxygen atoms in total. The summed E-state index contributed by atoms with van der Waals surface area (Å²) in [7, 11) is 3.34. The lowest BCUT2D eigenvalue weighted by molar-refractivity contribution is -0.143. The van der Waals surface area contributed by atoms with Gasteiger partial charge in [-0.3, -0.25) is 9.69 Å². The topological polar surface area (TPSA) is 42.0 Å². The molecule has 0 N–H and O–H groups in total. The standard InChI is InChI=1S/C17H24N2O3/c1-12-17(20)19-9-5-6-13(19)10-18(12)11-14-15(21-2)7-4-8-16(14)22-3/h4,7-8,12-13H,5-6,9-11H2,1-3H3/t12-,13+/m1/s1. The van der Waals surface area contributed by atoms with Crippen molar-refractivity contribution in [2.24, 2.45) is 0 Å². The maximum Gasteiger partial charge on any atom is 0.239 e. The zero-order valence-corrected chi connectivity index (χ0v) is 13.5. The van der Waals surface area contributed by atoms with E-state index in [-0.39, 0.29) is 11.9 Å². The number of hydrogen-bond acceptors (Lipinski definition) is 4. The largest absolute Gasteiger partial charge is 0.496 e. The van der Waals surface area contributed by atoms with E-state index in [0.717, 1.165) is 43.0 Å². The molecule has 22 heavy (non-hydrogen) atoms. The fraction of sp³-hybridized carbons (Fsp3) is 0.588. The van der Waals surface area contributed by atoms with Crippen LogP contribution in [0.1, 0.15) is 25.3 Å². The summed E-state index contributed by atoms with van der Waals surface area (Å²) in [6.07, 6.45) is 2.23. The highest BCUT2D eigenvalue weighted by molar-refractivity contribution is 5.83. The monoisotopic (exact) mass is 304 g/mol. The smallest absolute Gasteiger partial charge is 0.239 e. The first-order chi connectivity index (χ1) is 10.7. The van der Waals surface area contributed by atoms with Crippen molar-refractivity contribution in [1.29, 1.82) is 0 Å². The van der Waals surface area contributed by atoms with E-state index < -0.39 is 0 Å². The van der Waals surface area contributed by atoms with Crippen LogP contribution < -0.4 is 9.47 Å². The van der Waals surface area contributed by atoms with Crippen LogP contribution in [0.2, 0.25) is 0 Å². The Morgan fingerprint density at radius 3 is 2.55 bits per heavy atom. The second kappa shape index (κ2) is 6.16. The summed E-state index contributed by atoms with van der Waals surface area (Å²) < 4.78 is 11.0. The third kappa shape index (κ3) is 2.54. The van der Waals surface area contributed by atoms with E-state index in [0.29, 0.717) is 12.6 Å². The number of amides is 1. The van der Waals surface area contributed by atoms with Gasteiger partial charge in [0.2, 0.25) is 5.91 Å². The molecule has 0 aliphatic carbocycles. The maximum absolute atomic E-state index is 12.5. The van der Waals surface area contributed by atoms with E-state index in [1.807, 2.05) is 25.1 Å². The Balaban J connectivity index is 1.85. The van der Waals surface area contributed by atoms with Crippen LogP contribution in [0.25, 0.3) is 0 Å². The number of rotatable bonds is 4. The number of carbonyl (C=O) groups excluding carboxylic acids is 1. The van der Waals surface area contributed by atoms with Crippen molar-refractivity contribution in [2.75, 3.05) is 27.3 Å². The van der Waals surface area contributed by atoms with Crippen molar-refractivity contribution >= 4 is 5.91 Å². The molecule has 0 spiro atoms. The van der Waals surface area contributed by atoms with Crippen LogP contribution in [0.4, 0.5) is 0 Å². The van der Waals surface area contributed by atoms with Gasteiger partial charge in [-0.2, -0.15) is 0 Å². The first-order valence-electron chi connectivity index (χ1n) is 7.90. The maximum atomic E-state index is 12.5. The lowest BCUT2D eigenvalue weighted by atomic mass is 10.0. The van der Waals surface area contributed by atoms with Crippen molar-refractivity contribution in [3.05, 3.63) is 23.8 Å². The molecule has 2 aliphatic rings. The van der Waals surface area contributed by atoms with Crippen molar-refractivity contribution in [1.82, 2.24) is 9.80 Å². The normalized spacial score (nSPS) is 25.2. The Bertz CT molecular complexity index is 539. The van der Waals surface area contributed by atoms with Gasteiger partial charge in [-0.05, 0) is 31.9 Å². The summed E-state index contributed by atoms with van der Waals surface area (Å²) in [6, 6.07) is 6.07. The van der Waals surface area contributed by atoms with Gasteiger partial charge >= 0.3 is 0 Å². The van der Waals surface area contributed by atoms with Gasteiger partial charge in [-0.15, -0.1) is 0 Å². The van der Waals surface area contributed by atoms with Gasteiger partial charge in [0.25, 0.3) is 0 Å². The molecule has 5 heteroatoms. The van der Waals surface area contributed by atoms with E-state index in [1.165, 1.54) is 0 Å². The van der Waals surface area contributed by atoms with Crippen LogP contribution in [0.3, 0.4) is 0 Å². The number of carbonyl (C=O) groups is 1.